The van der Waals surface area contributed by atoms with Gasteiger partial charge in [-0.05, 0) is 114 Å². The van der Waals surface area contributed by atoms with Crippen molar-refractivity contribution in [2.24, 2.45) is 45.9 Å². The molecule has 662 valence electrons. The van der Waals surface area contributed by atoms with Crippen LogP contribution in [0.2, 0.25) is 0 Å². The molecule has 0 saturated carbocycles. The van der Waals surface area contributed by atoms with Crippen LogP contribution in [0, 0.1) is 0 Å². The van der Waals surface area contributed by atoms with Crippen LogP contribution in [0.25, 0.3) is 0 Å². The highest BCUT2D eigenvalue weighted by Gasteiger charge is 2.46. The second-order valence-corrected chi connectivity index (χ2v) is 30.3. The quantitative estimate of drug-likeness (QED) is 0.0292. The number of aliphatic hydroxyl groups is 1. The van der Waals surface area contributed by atoms with Gasteiger partial charge in [-0.2, -0.15) is 0 Å². The average Bonchev–Trinajstić information content (AvgIpc) is 1.70. The van der Waals surface area contributed by atoms with Crippen molar-refractivity contribution in [3.63, 3.8) is 0 Å². The molecule has 0 spiro atoms. The smallest absolute Gasteiger partial charge is 0.326 e. The molecular weight excluding hydrogens is 1590 g/mol. The van der Waals surface area contributed by atoms with Crippen LogP contribution in [-0.4, -0.2) is 271 Å². The van der Waals surface area contributed by atoms with Crippen LogP contribution in [0.3, 0.4) is 0 Å². The number of rotatable bonds is 49. The molecule has 4 aliphatic rings. The maximum atomic E-state index is 14.9. The lowest BCUT2D eigenvalue weighted by atomic mass is 10.0. The largest absolute Gasteiger partial charge is 0.480 e. The lowest BCUT2D eigenvalue weighted by Crippen LogP contribution is -2.62. The van der Waals surface area contributed by atoms with E-state index in [0.717, 1.165) is 16.7 Å². The molecule has 44 nitrogen and oxygen atoms in total. The zero-order valence-electron chi connectivity index (χ0n) is 67.1. The molecular formula is C77H111N21O23. The summed E-state index contributed by atoms with van der Waals surface area (Å²) in [6.07, 6.45) is -7.98. The lowest BCUT2D eigenvalue weighted by molar-refractivity contribution is -0.146. The van der Waals surface area contributed by atoms with E-state index in [2.05, 4.69) is 47.9 Å². The first-order chi connectivity index (χ1) is 57.2. The molecule has 121 heavy (non-hydrogen) atoms. The molecule has 2 aromatic carbocycles. The summed E-state index contributed by atoms with van der Waals surface area (Å²) >= 11 is 0. The molecule has 4 aliphatic heterocycles. The first kappa shape index (κ1) is 97.1. The third-order valence-electron chi connectivity index (χ3n) is 21.1. The Morgan fingerprint density at radius 3 is 0.893 bits per heavy atom. The second-order valence-electron chi connectivity index (χ2n) is 30.3. The third kappa shape index (κ3) is 30.2. The molecule has 0 aliphatic carbocycles. The van der Waals surface area contributed by atoms with E-state index in [0.29, 0.717) is 17.5 Å². The predicted molar refractivity (Wildman–Crippen MR) is 423 cm³/mol. The molecule has 15 atom stereocenters. The first-order valence-electron chi connectivity index (χ1n) is 39.9. The number of hydrogen-bond acceptors (Lipinski definition) is 23. The van der Waals surface area contributed by atoms with Crippen molar-refractivity contribution in [1.82, 2.24) is 67.5 Å². The minimum absolute atomic E-state index is 0.00557. The van der Waals surface area contributed by atoms with Gasteiger partial charge in [-0.3, -0.25) is 95.9 Å². The number of benzene rings is 2. The maximum absolute atomic E-state index is 14.9. The molecule has 44 heteroatoms. The number of hydrogen-bond donors (Lipinski definition) is 19. The van der Waals surface area contributed by atoms with Crippen molar-refractivity contribution in [3.05, 3.63) is 71.8 Å². The molecule has 2 aromatic rings. The van der Waals surface area contributed by atoms with E-state index in [4.69, 9.17) is 45.9 Å². The van der Waals surface area contributed by atoms with Gasteiger partial charge in [0.05, 0.1) is 12.1 Å². The molecule has 4 saturated heterocycles. The number of amides is 20. The molecule has 0 bridgehead atoms. The minimum atomic E-state index is -2.03. The summed E-state index contributed by atoms with van der Waals surface area (Å²) in [5.74, 6) is -20.7. The van der Waals surface area contributed by atoms with Crippen molar-refractivity contribution < 1.29 is 111 Å². The number of primary amides is 7. The first-order valence-corrected chi connectivity index (χ1v) is 39.9. The zero-order chi connectivity index (χ0) is 89.5. The van der Waals surface area contributed by atoms with Crippen molar-refractivity contribution in [3.8, 4) is 0 Å². The average molecular weight is 1700 g/mol. The highest BCUT2D eigenvalue weighted by molar-refractivity contribution is 6.01. The number of nitrogens with two attached hydrogens (primary N) is 8. The lowest BCUT2D eigenvalue weighted by Gasteiger charge is -2.33. The predicted octanol–water partition coefficient (Wildman–Crippen LogP) is -8.55. The summed E-state index contributed by atoms with van der Waals surface area (Å²) in [5.41, 5.74) is 45.2. The van der Waals surface area contributed by atoms with Gasteiger partial charge in [0.25, 0.3) is 0 Å². The Balaban J connectivity index is 1.17. The topological polar surface area (TPSA) is 728 Å². The van der Waals surface area contributed by atoms with E-state index in [1.165, 1.54) is 9.80 Å². The van der Waals surface area contributed by atoms with E-state index in [9.17, 15) is 111 Å². The Morgan fingerprint density at radius 1 is 0.331 bits per heavy atom. The number of carboxylic acids is 1. The zero-order valence-corrected chi connectivity index (χ0v) is 67.1. The van der Waals surface area contributed by atoms with Gasteiger partial charge in [0.1, 0.15) is 78.5 Å². The van der Waals surface area contributed by atoms with Gasteiger partial charge in [0, 0.05) is 84.0 Å². The number of carboxylic acid groups (broad SMARTS) is 1. The third-order valence-corrected chi connectivity index (χ3v) is 21.1. The van der Waals surface area contributed by atoms with Gasteiger partial charge >= 0.3 is 5.97 Å². The molecule has 4 heterocycles. The summed E-state index contributed by atoms with van der Waals surface area (Å²) in [6.45, 7) is 0.712. The van der Waals surface area contributed by atoms with E-state index < -0.39 is 279 Å². The molecule has 0 radical (unpaired) electrons. The number of aliphatic hydroxyl groups excluding tert-OH is 1. The number of aliphatic carboxylic acids is 1. The Labute approximate surface area is 695 Å². The van der Waals surface area contributed by atoms with Crippen molar-refractivity contribution in [2.75, 3.05) is 26.2 Å². The van der Waals surface area contributed by atoms with Crippen LogP contribution in [0.4, 0.5) is 0 Å². The number of nitrogens with one attached hydrogen (secondary N) is 9. The summed E-state index contributed by atoms with van der Waals surface area (Å²) in [6, 6.07) is -4.86. The van der Waals surface area contributed by atoms with E-state index in [1.807, 2.05) is 0 Å². The van der Waals surface area contributed by atoms with Crippen LogP contribution in [-0.2, 0) is 114 Å². The van der Waals surface area contributed by atoms with Crippen LogP contribution in [0.1, 0.15) is 159 Å². The summed E-state index contributed by atoms with van der Waals surface area (Å²) < 4.78 is 0. The molecule has 6 rings (SSSR count). The molecule has 27 N–H and O–H groups in total. The Bertz CT molecular complexity index is 4140. The van der Waals surface area contributed by atoms with Crippen LogP contribution in [0.5, 0.6) is 0 Å². The molecule has 4 fully saturated rings. The summed E-state index contributed by atoms with van der Waals surface area (Å²) in [7, 11) is 0. The fourth-order valence-electron chi connectivity index (χ4n) is 14.7. The van der Waals surface area contributed by atoms with Crippen molar-refractivity contribution >= 4 is 124 Å². The summed E-state index contributed by atoms with van der Waals surface area (Å²) in [5, 5.41) is 43.1. The van der Waals surface area contributed by atoms with Crippen LogP contribution in [0.15, 0.2) is 60.7 Å². The highest BCUT2D eigenvalue weighted by atomic mass is 16.4. The Kier molecular flexibility index (Phi) is 37.8. The highest BCUT2D eigenvalue weighted by Crippen LogP contribution is 2.27. The minimum Gasteiger partial charge on any atom is -0.480 e. The maximum Gasteiger partial charge on any atom is 0.326 e. The Hall–Kier alpha value is -12.8. The normalized spacial score (nSPS) is 18.9. The van der Waals surface area contributed by atoms with Crippen molar-refractivity contribution in [1.29, 1.82) is 0 Å². The number of carbonyl (C=O) groups is 21. The fourth-order valence-corrected chi connectivity index (χ4v) is 14.7. The standard InChI is InChI=1S/C77H111N21O23/c1-40(99)63(94-67(110)46(23-30-59(82)103)87-69(112)53-17-10-36-97(53)75(118)50(38-41-12-4-2-5-13-41)92-64(107)43(78)20-27-56(79)100)72(115)88-45(22-29-58(81)102)66(109)90-48(25-32-61(84)105)73(116)95-34-8-16-52(95)68(111)86-44(21-28-57(80)101)65(108)89-47(24-31-60(83)104)74(117)96-35-9-19-55(96)71(114)93-51(39-42-14-6-3-7-15-42)76(119)98-37-11-18-54(98)70(113)91-49(77(120)121)26-33-62(85)106/h2-7,12-15,40,43-55,63,99H,8-11,16-39,78H2,1H3,(H2,79,100)(H2,80,101)(H2,81,102)(H2,82,103)(H2,83,104)(H2,84,105)(H2,85,106)(H,86,111)(H,87,112)(H,88,115)(H,89,108)(H,90,109)(H,91,113)(H,92,107)(H,93,114)(H,94,110)(H,120,121)/t40-,43+,44+,45+,46+,47+,48+,49+,50+,51+,52+,53+,54+,55+,63+/m1/s1. The summed E-state index contributed by atoms with van der Waals surface area (Å²) in [4.78, 5) is 288. The number of carbonyl (C=O) groups excluding carboxylic acids is 20. The second kappa shape index (κ2) is 47.1. The SMILES string of the molecule is C[C@@H](O)[C@H](NC(=O)[C@H](CCC(N)=O)NC(=O)[C@@H]1CCCN1C(=O)[C@H](Cc1ccccc1)NC(=O)[C@@H](N)CCC(N)=O)C(=O)N[C@@H](CCC(N)=O)C(=O)N[C@@H](CCC(N)=O)C(=O)N1CCC[C@H]1C(=O)N[C@@H](CCC(N)=O)C(=O)N[C@@H](CCC(N)=O)C(=O)N1CCC[C@H]1C(=O)N[C@@H](Cc1ccccc1)C(=O)N1CCC[C@H]1C(=O)N[C@@H](CCC(N)=O)C(=O)O. The van der Waals surface area contributed by atoms with E-state index in [-0.39, 0.29) is 110 Å². The monoisotopic (exact) mass is 1700 g/mol. The number of likely N-dealkylation sites (tertiary alicyclic amines) is 4. The van der Waals surface area contributed by atoms with Gasteiger partial charge in [0.2, 0.25) is 118 Å². The van der Waals surface area contributed by atoms with Crippen molar-refractivity contribution in [2.45, 2.75) is 252 Å². The Morgan fingerprint density at radius 2 is 0.579 bits per heavy atom. The van der Waals surface area contributed by atoms with E-state index >= 15 is 0 Å². The van der Waals surface area contributed by atoms with Gasteiger partial charge in [-0.15, -0.1) is 0 Å². The molecule has 20 amide bonds. The van der Waals surface area contributed by atoms with Gasteiger partial charge in [0.15, 0.2) is 0 Å². The van der Waals surface area contributed by atoms with Gasteiger partial charge < -0.3 is 124 Å². The van der Waals surface area contributed by atoms with E-state index in [1.54, 1.807) is 60.7 Å². The van der Waals surface area contributed by atoms with Gasteiger partial charge in [-0.1, -0.05) is 60.7 Å². The number of nitrogens with zero attached hydrogens (tertiary/aromatic N) is 4. The van der Waals surface area contributed by atoms with Gasteiger partial charge in [-0.25, -0.2) is 4.79 Å². The van der Waals surface area contributed by atoms with Crippen LogP contribution >= 0.6 is 0 Å². The van der Waals surface area contributed by atoms with Crippen LogP contribution < -0.4 is 93.7 Å². The molecule has 0 unspecified atom stereocenters. The molecule has 0 aromatic heterocycles. The fraction of sp³-hybridized carbons (Fsp3) is 0.571.